The molecular weight excluding hydrogens is 286 g/mol. The van der Waals surface area contributed by atoms with Crippen molar-refractivity contribution in [3.63, 3.8) is 0 Å². The topological polar surface area (TPSA) is 104 Å². The van der Waals surface area contributed by atoms with Crippen LogP contribution in [0.5, 0.6) is 0 Å². The van der Waals surface area contributed by atoms with Crippen LogP contribution in [-0.4, -0.2) is 59.4 Å². The van der Waals surface area contributed by atoms with E-state index in [4.69, 9.17) is 10.8 Å². The smallest absolute Gasteiger partial charge is 0.318 e. The van der Waals surface area contributed by atoms with E-state index in [9.17, 15) is 14.4 Å². The molecule has 0 aliphatic heterocycles. The summed E-state index contributed by atoms with van der Waals surface area (Å²) in [6.45, 7) is 0.355. The second kappa shape index (κ2) is 9.64. The van der Waals surface area contributed by atoms with Crippen LogP contribution >= 0.6 is 0 Å². The van der Waals surface area contributed by atoms with Gasteiger partial charge in [-0.15, -0.1) is 0 Å². The summed E-state index contributed by atoms with van der Waals surface area (Å²) in [5.74, 6) is -1.73. The predicted molar refractivity (Wildman–Crippen MR) is 80.4 cm³/mol. The van der Waals surface area contributed by atoms with E-state index < -0.39 is 11.8 Å². The molecule has 0 aliphatic carbocycles. The molecule has 0 radical (unpaired) electrons. The molecule has 7 heteroatoms. The van der Waals surface area contributed by atoms with Gasteiger partial charge in [-0.2, -0.15) is 0 Å². The normalized spacial score (nSPS) is 10.1. The van der Waals surface area contributed by atoms with E-state index in [1.165, 1.54) is 4.90 Å². The highest BCUT2D eigenvalue weighted by molar-refractivity contribution is 6.36. The van der Waals surface area contributed by atoms with Gasteiger partial charge in [-0.1, -0.05) is 30.3 Å². The number of rotatable bonds is 8. The van der Waals surface area contributed by atoms with Crippen molar-refractivity contribution in [1.29, 1.82) is 0 Å². The van der Waals surface area contributed by atoms with Gasteiger partial charge in [0.1, 0.15) is 0 Å². The Morgan fingerprint density at radius 1 is 1.14 bits per heavy atom. The molecule has 3 amide bonds. The lowest BCUT2D eigenvalue weighted by molar-refractivity contribution is -0.154. The van der Waals surface area contributed by atoms with Crippen LogP contribution in [0.3, 0.4) is 0 Å². The first-order valence-corrected chi connectivity index (χ1v) is 7.04. The molecule has 0 bridgehead atoms. The maximum absolute atomic E-state index is 12.2. The maximum Gasteiger partial charge on any atom is 0.318 e. The van der Waals surface area contributed by atoms with Crippen molar-refractivity contribution < 1.29 is 19.5 Å². The molecule has 22 heavy (non-hydrogen) atoms. The SMILES string of the molecule is NCCCN(C=O)C(=O)C(=O)N(CCO)Cc1ccccc1. The highest BCUT2D eigenvalue weighted by atomic mass is 16.3. The zero-order chi connectivity index (χ0) is 16.4. The number of imide groups is 1. The first kappa shape index (κ1) is 17.8. The zero-order valence-corrected chi connectivity index (χ0v) is 12.4. The third-order valence-electron chi connectivity index (χ3n) is 3.05. The van der Waals surface area contributed by atoms with Gasteiger partial charge in [-0.25, -0.2) is 0 Å². The fourth-order valence-electron chi connectivity index (χ4n) is 1.90. The number of nitrogens with two attached hydrogens (primary N) is 1. The summed E-state index contributed by atoms with van der Waals surface area (Å²) in [5, 5.41) is 9.08. The van der Waals surface area contributed by atoms with Gasteiger partial charge < -0.3 is 15.7 Å². The first-order valence-electron chi connectivity index (χ1n) is 7.04. The van der Waals surface area contributed by atoms with E-state index >= 15 is 0 Å². The molecular formula is C15H21N3O4. The zero-order valence-electron chi connectivity index (χ0n) is 12.4. The van der Waals surface area contributed by atoms with Gasteiger partial charge in [0.25, 0.3) is 0 Å². The minimum atomic E-state index is -0.909. The number of aliphatic hydroxyl groups excluding tert-OH is 1. The van der Waals surface area contributed by atoms with E-state index in [2.05, 4.69) is 0 Å². The molecule has 1 aromatic carbocycles. The average molecular weight is 307 g/mol. The Kier molecular flexibility index (Phi) is 7.80. The average Bonchev–Trinajstić information content (AvgIpc) is 2.55. The Hall–Kier alpha value is -2.25. The Morgan fingerprint density at radius 2 is 1.82 bits per heavy atom. The van der Waals surface area contributed by atoms with E-state index in [-0.39, 0.29) is 26.2 Å². The van der Waals surface area contributed by atoms with Crippen molar-refractivity contribution in [1.82, 2.24) is 9.80 Å². The minimum Gasteiger partial charge on any atom is -0.395 e. The summed E-state index contributed by atoms with van der Waals surface area (Å²) in [7, 11) is 0. The summed E-state index contributed by atoms with van der Waals surface area (Å²) in [6.07, 6.45) is 0.756. The molecule has 0 heterocycles. The van der Waals surface area contributed by atoms with Gasteiger partial charge in [0.15, 0.2) is 0 Å². The van der Waals surface area contributed by atoms with Gasteiger partial charge in [-0.05, 0) is 18.5 Å². The lowest BCUT2D eigenvalue weighted by atomic mass is 10.2. The highest BCUT2D eigenvalue weighted by Gasteiger charge is 2.26. The van der Waals surface area contributed by atoms with Crippen molar-refractivity contribution in [3.05, 3.63) is 35.9 Å². The van der Waals surface area contributed by atoms with Crippen molar-refractivity contribution in [3.8, 4) is 0 Å². The molecule has 3 N–H and O–H groups in total. The lowest BCUT2D eigenvalue weighted by Crippen LogP contribution is -2.46. The summed E-state index contributed by atoms with van der Waals surface area (Å²) in [5.41, 5.74) is 6.17. The van der Waals surface area contributed by atoms with Gasteiger partial charge in [0.2, 0.25) is 6.41 Å². The first-order chi connectivity index (χ1) is 10.6. The molecule has 1 aromatic rings. The number of amides is 3. The summed E-state index contributed by atoms with van der Waals surface area (Å²) in [6, 6.07) is 9.10. The van der Waals surface area contributed by atoms with Gasteiger partial charge in [-0.3, -0.25) is 19.3 Å². The number of carbonyl (C=O) groups is 3. The van der Waals surface area contributed by atoms with Crippen molar-refractivity contribution in [2.24, 2.45) is 5.73 Å². The molecule has 0 spiro atoms. The highest BCUT2D eigenvalue weighted by Crippen LogP contribution is 2.06. The van der Waals surface area contributed by atoms with Crippen LogP contribution in [0.4, 0.5) is 0 Å². The quantitative estimate of drug-likeness (QED) is 0.490. The third-order valence-corrected chi connectivity index (χ3v) is 3.05. The van der Waals surface area contributed by atoms with E-state index in [1.54, 1.807) is 0 Å². The van der Waals surface area contributed by atoms with Gasteiger partial charge in [0.05, 0.1) is 6.61 Å². The number of hydrogen-bond acceptors (Lipinski definition) is 5. The van der Waals surface area contributed by atoms with Crippen LogP contribution in [0, 0.1) is 0 Å². The number of carbonyl (C=O) groups excluding carboxylic acids is 3. The Labute approximate surface area is 129 Å². The van der Waals surface area contributed by atoms with E-state index in [1.807, 2.05) is 30.3 Å². The lowest BCUT2D eigenvalue weighted by Gasteiger charge is -2.23. The molecule has 0 aliphatic rings. The second-order valence-electron chi connectivity index (χ2n) is 4.68. The molecule has 0 unspecified atom stereocenters. The molecule has 7 nitrogen and oxygen atoms in total. The van der Waals surface area contributed by atoms with E-state index in [0.29, 0.717) is 19.4 Å². The molecule has 120 valence electrons. The summed E-state index contributed by atoms with van der Waals surface area (Å²) in [4.78, 5) is 37.3. The van der Waals surface area contributed by atoms with Crippen LogP contribution in [0.25, 0.3) is 0 Å². The second-order valence-corrected chi connectivity index (χ2v) is 4.68. The standard InChI is InChI=1S/C15H21N3O4/c16-7-4-8-18(12-20)15(22)14(21)17(9-10-19)11-13-5-2-1-3-6-13/h1-3,5-6,12,19H,4,7-11,16H2. The molecule has 0 fully saturated rings. The summed E-state index contributed by atoms with van der Waals surface area (Å²) >= 11 is 0. The largest absolute Gasteiger partial charge is 0.395 e. The van der Waals surface area contributed by atoms with Crippen LogP contribution < -0.4 is 5.73 Å². The fourth-order valence-corrected chi connectivity index (χ4v) is 1.90. The van der Waals surface area contributed by atoms with Crippen LogP contribution in [-0.2, 0) is 20.9 Å². The Bertz CT molecular complexity index is 493. The molecule has 0 atom stereocenters. The number of aliphatic hydroxyl groups is 1. The fraction of sp³-hybridized carbons (Fsp3) is 0.400. The monoisotopic (exact) mass is 307 g/mol. The number of hydrogen-bond donors (Lipinski definition) is 2. The van der Waals surface area contributed by atoms with Gasteiger partial charge >= 0.3 is 11.8 Å². The molecule has 0 aromatic heterocycles. The number of nitrogens with zero attached hydrogens (tertiary/aromatic N) is 2. The minimum absolute atomic E-state index is 0.0169. The Balaban J connectivity index is 2.78. The van der Waals surface area contributed by atoms with Gasteiger partial charge in [0, 0.05) is 19.6 Å². The maximum atomic E-state index is 12.2. The molecule has 0 saturated heterocycles. The summed E-state index contributed by atoms with van der Waals surface area (Å²) < 4.78 is 0. The third kappa shape index (κ3) is 5.27. The van der Waals surface area contributed by atoms with Crippen molar-refractivity contribution in [2.75, 3.05) is 26.2 Å². The predicted octanol–water partition coefficient (Wildman–Crippen LogP) is -0.659. The molecule has 1 rings (SSSR count). The van der Waals surface area contributed by atoms with E-state index in [0.717, 1.165) is 10.5 Å². The van der Waals surface area contributed by atoms with Crippen LogP contribution in [0.2, 0.25) is 0 Å². The van der Waals surface area contributed by atoms with Crippen molar-refractivity contribution >= 4 is 18.2 Å². The Morgan fingerprint density at radius 3 is 2.36 bits per heavy atom. The van der Waals surface area contributed by atoms with Crippen molar-refractivity contribution in [2.45, 2.75) is 13.0 Å². The number of benzene rings is 1. The van der Waals surface area contributed by atoms with Crippen LogP contribution in [0.15, 0.2) is 30.3 Å². The van der Waals surface area contributed by atoms with Crippen LogP contribution in [0.1, 0.15) is 12.0 Å². The molecule has 0 saturated carbocycles.